The number of anilines is 1. The maximum Gasteiger partial charge on any atom is 0.259 e. The van der Waals surface area contributed by atoms with Gasteiger partial charge < -0.3 is 29.5 Å². The topological polar surface area (TPSA) is 153 Å². The average molecular weight is 465 g/mol. The zero-order valence-corrected chi connectivity index (χ0v) is 18.1. The van der Waals surface area contributed by atoms with E-state index < -0.39 is 24.5 Å². The lowest BCUT2D eigenvalue weighted by molar-refractivity contribution is -0.0451. The second-order valence-electron chi connectivity index (χ2n) is 8.33. The van der Waals surface area contributed by atoms with Crippen LogP contribution >= 0.6 is 0 Å². The molecule has 2 fully saturated rings. The minimum atomic E-state index is -1.28. The monoisotopic (exact) mass is 465 g/mol. The molecule has 3 aromatic heterocycles. The van der Waals surface area contributed by atoms with Crippen molar-refractivity contribution in [2.24, 2.45) is 0 Å². The molecule has 4 atom stereocenters. The molecule has 0 saturated carbocycles. The van der Waals surface area contributed by atoms with E-state index in [-0.39, 0.29) is 11.9 Å². The number of aromatic nitrogens is 6. The molecule has 2 aliphatic rings. The summed E-state index contributed by atoms with van der Waals surface area (Å²) in [5.74, 6) is 1.05. The zero-order valence-electron chi connectivity index (χ0n) is 18.1. The van der Waals surface area contributed by atoms with Gasteiger partial charge in [0, 0.05) is 24.8 Å². The maximum absolute atomic E-state index is 10.8. The Labute approximate surface area is 193 Å². The zero-order chi connectivity index (χ0) is 23.1. The van der Waals surface area contributed by atoms with Crippen LogP contribution in [0.25, 0.3) is 22.6 Å². The Hall–Kier alpha value is -3.45. The smallest absolute Gasteiger partial charge is 0.259 e. The third-order valence-electron chi connectivity index (χ3n) is 6.15. The molecule has 4 aromatic rings. The number of aliphatic hydroxyl groups excluding tert-OH is 2. The van der Waals surface area contributed by atoms with Gasteiger partial charge in [0.15, 0.2) is 29.3 Å². The van der Waals surface area contributed by atoms with Crippen molar-refractivity contribution in [3.8, 4) is 11.4 Å². The van der Waals surface area contributed by atoms with Crippen LogP contribution in [0.1, 0.15) is 31.1 Å². The lowest BCUT2D eigenvalue weighted by Gasteiger charge is -2.23. The van der Waals surface area contributed by atoms with Crippen LogP contribution in [0.15, 0.2) is 47.5 Å². The van der Waals surface area contributed by atoms with Gasteiger partial charge in [-0.3, -0.25) is 4.57 Å². The van der Waals surface area contributed by atoms with Gasteiger partial charge in [-0.15, -0.1) is 0 Å². The molecular formula is C22H23N7O5. The average Bonchev–Trinajstić information content (AvgIpc) is 3.60. The summed E-state index contributed by atoms with van der Waals surface area (Å²) in [5.41, 5.74) is 1.78. The maximum atomic E-state index is 10.8. The number of hydrogen-bond donors (Lipinski definition) is 3. The molecule has 0 bridgehead atoms. The van der Waals surface area contributed by atoms with Crippen molar-refractivity contribution in [2.45, 2.75) is 43.4 Å². The Morgan fingerprint density at radius 2 is 1.82 bits per heavy atom. The van der Waals surface area contributed by atoms with Crippen LogP contribution in [0.3, 0.4) is 0 Å². The van der Waals surface area contributed by atoms with E-state index >= 15 is 0 Å². The summed E-state index contributed by atoms with van der Waals surface area (Å²) in [7, 11) is 0. The molecule has 2 aliphatic heterocycles. The Morgan fingerprint density at radius 1 is 1.00 bits per heavy atom. The molecule has 0 aliphatic carbocycles. The summed E-state index contributed by atoms with van der Waals surface area (Å²) in [6, 6.07) is 9.54. The van der Waals surface area contributed by atoms with Gasteiger partial charge in [0.1, 0.15) is 18.5 Å². The fraction of sp³-hybridized carbons (Fsp3) is 0.409. The summed E-state index contributed by atoms with van der Waals surface area (Å²) >= 11 is 0. The van der Waals surface area contributed by atoms with Crippen molar-refractivity contribution in [1.82, 2.24) is 29.7 Å². The number of benzene rings is 1. The molecule has 0 radical (unpaired) electrons. The third-order valence-corrected chi connectivity index (χ3v) is 6.15. The Bertz CT molecular complexity index is 1270. The van der Waals surface area contributed by atoms with Gasteiger partial charge in [-0.1, -0.05) is 35.5 Å². The molecular weight excluding hydrogens is 442 g/mol. The summed E-state index contributed by atoms with van der Waals surface area (Å²) in [6.07, 6.45) is 0.179. The van der Waals surface area contributed by atoms with Crippen LogP contribution in [0.5, 0.6) is 0 Å². The van der Waals surface area contributed by atoms with E-state index in [1.165, 1.54) is 12.7 Å². The van der Waals surface area contributed by atoms with Crippen LogP contribution < -0.4 is 5.32 Å². The van der Waals surface area contributed by atoms with Gasteiger partial charge in [0.25, 0.3) is 5.89 Å². The van der Waals surface area contributed by atoms with Crippen molar-refractivity contribution < 1.29 is 24.2 Å². The first kappa shape index (κ1) is 21.1. The number of ether oxygens (including phenoxy) is 2. The van der Waals surface area contributed by atoms with Crippen molar-refractivity contribution in [3.63, 3.8) is 0 Å². The Morgan fingerprint density at radius 3 is 2.65 bits per heavy atom. The SMILES string of the molecule is O[C@@H]1[C@H](O)[C@@H](c2nc(-c3ccccc3)no2)O[C@H]1n1cnc2c(NC3CCOCC3)ncnc21. The number of nitrogens with one attached hydrogen (secondary N) is 1. The van der Waals surface area contributed by atoms with E-state index in [1.807, 2.05) is 30.3 Å². The molecule has 2 saturated heterocycles. The largest absolute Gasteiger partial charge is 0.387 e. The summed E-state index contributed by atoms with van der Waals surface area (Å²) in [5, 5.41) is 28.9. The highest BCUT2D eigenvalue weighted by Crippen LogP contribution is 2.40. The van der Waals surface area contributed by atoms with Gasteiger partial charge >= 0.3 is 0 Å². The van der Waals surface area contributed by atoms with E-state index in [4.69, 9.17) is 14.0 Å². The van der Waals surface area contributed by atoms with Crippen molar-refractivity contribution >= 4 is 17.0 Å². The van der Waals surface area contributed by atoms with Gasteiger partial charge in [-0.2, -0.15) is 4.98 Å². The lowest BCUT2D eigenvalue weighted by atomic mass is 10.1. The number of imidazole rings is 1. The third kappa shape index (κ3) is 3.70. The van der Waals surface area contributed by atoms with Crippen LogP contribution in [0.2, 0.25) is 0 Å². The van der Waals surface area contributed by atoms with Gasteiger partial charge in [0.05, 0.1) is 6.33 Å². The first-order valence-electron chi connectivity index (χ1n) is 11.1. The van der Waals surface area contributed by atoms with Crippen molar-refractivity contribution in [3.05, 3.63) is 48.9 Å². The molecule has 0 amide bonds. The minimum Gasteiger partial charge on any atom is -0.387 e. The fourth-order valence-corrected chi connectivity index (χ4v) is 4.33. The minimum absolute atomic E-state index is 0.0776. The molecule has 0 unspecified atom stereocenters. The summed E-state index contributed by atoms with van der Waals surface area (Å²) in [4.78, 5) is 17.5. The molecule has 6 rings (SSSR count). The highest BCUT2D eigenvalue weighted by atomic mass is 16.6. The predicted octanol–water partition coefficient (Wildman–Crippen LogP) is 1.46. The van der Waals surface area contributed by atoms with Gasteiger partial charge in [0.2, 0.25) is 5.82 Å². The normalized spacial score (nSPS) is 25.7. The number of rotatable bonds is 5. The molecule has 0 spiro atoms. The van der Waals surface area contributed by atoms with Crippen LogP contribution in [-0.2, 0) is 9.47 Å². The molecule has 5 heterocycles. The van der Waals surface area contributed by atoms with Gasteiger partial charge in [-0.25, -0.2) is 15.0 Å². The van der Waals surface area contributed by atoms with E-state index in [2.05, 4.69) is 30.4 Å². The fourth-order valence-electron chi connectivity index (χ4n) is 4.33. The van der Waals surface area contributed by atoms with E-state index in [0.29, 0.717) is 36.0 Å². The number of nitrogens with zero attached hydrogens (tertiary/aromatic N) is 6. The molecule has 176 valence electrons. The van der Waals surface area contributed by atoms with Crippen LogP contribution in [-0.4, -0.2) is 71.3 Å². The van der Waals surface area contributed by atoms with Crippen LogP contribution in [0, 0.1) is 0 Å². The highest BCUT2D eigenvalue weighted by Gasteiger charge is 2.47. The van der Waals surface area contributed by atoms with Crippen molar-refractivity contribution in [2.75, 3.05) is 18.5 Å². The summed E-state index contributed by atoms with van der Waals surface area (Å²) < 4.78 is 18.3. The lowest BCUT2D eigenvalue weighted by Crippen LogP contribution is -2.29. The second-order valence-corrected chi connectivity index (χ2v) is 8.33. The Kier molecular flexibility index (Phi) is 5.41. The summed E-state index contributed by atoms with van der Waals surface area (Å²) in [6.45, 7) is 1.40. The molecule has 12 heteroatoms. The van der Waals surface area contributed by atoms with E-state index in [1.54, 1.807) is 4.57 Å². The van der Waals surface area contributed by atoms with E-state index in [9.17, 15) is 10.2 Å². The van der Waals surface area contributed by atoms with Crippen molar-refractivity contribution in [1.29, 1.82) is 0 Å². The number of fused-ring (bicyclic) bond motifs is 1. The molecule has 1 aromatic carbocycles. The molecule has 34 heavy (non-hydrogen) atoms. The van der Waals surface area contributed by atoms with Gasteiger partial charge in [-0.05, 0) is 12.8 Å². The molecule has 3 N–H and O–H groups in total. The van der Waals surface area contributed by atoms with Crippen LogP contribution in [0.4, 0.5) is 5.82 Å². The quantitative estimate of drug-likeness (QED) is 0.392. The highest BCUT2D eigenvalue weighted by molar-refractivity contribution is 5.82. The van der Waals surface area contributed by atoms with E-state index in [0.717, 1.165) is 18.4 Å². The number of aliphatic hydroxyl groups is 2. The predicted molar refractivity (Wildman–Crippen MR) is 117 cm³/mol. The standard InChI is InChI=1S/C22H23N7O5/c30-15-16(31)22(33-17(15)21-27-18(28-34-21)12-4-2-1-3-5-12)29-11-25-14-19(23-10-24-20(14)29)26-13-6-8-32-9-7-13/h1-5,10-11,13,15-17,22,30-31H,6-9H2,(H,23,24,26)/t15-,16+,17-,22+/m0/s1. The molecule has 12 nitrogen and oxygen atoms in total. The Balaban J connectivity index is 1.26. The number of hydrogen-bond acceptors (Lipinski definition) is 11. The second kappa shape index (κ2) is 8.72. The first-order valence-corrected chi connectivity index (χ1v) is 11.1. The first-order chi connectivity index (χ1) is 16.7.